The highest BCUT2D eigenvalue weighted by Crippen LogP contribution is 2.21. The van der Waals surface area contributed by atoms with Crippen molar-refractivity contribution in [1.82, 2.24) is 20.9 Å². The first-order chi connectivity index (χ1) is 22.6. The minimum Gasteiger partial charge on any atom is -0.480 e. The average molecular weight is 687 g/mol. The number of carbonyl (C=O) groups excluding carboxylic acids is 5. The second-order valence-electron chi connectivity index (χ2n) is 11.4. The number of nitrogens with zero attached hydrogens (tertiary/aromatic N) is 3. The number of aliphatic carboxylic acids is 1. The number of nitrogens with one attached hydrogen (secondary N) is 3. The Morgan fingerprint density at radius 3 is 2.33 bits per heavy atom. The molecule has 0 aromatic heterocycles. The number of carboxylic acid groups (broad SMARTS) is 1. The summed E-state index contributed by atoms with van der Waals surface area (Å²) in [7, 11) is 0. The predicted molar refractivity (Wildman–Crippen MR) is 171 cm³/mol. The van der Waals surface area contributed by atoms with E-state index in [4.69, 9.17) is 27.7 Å². The van der Waals surface area contributed by atoms with Crippen LogP contribution in [0.3, 0.4) is 0 Å². The number of guanidine groups is 1. The number of esters is 1. The molecule has 6 atom stereocenters. The molecule has 1 rings (SSSR count). The SMILES string of the molecule is CCCCOC(=O)C[C@H](N)C(=O)N[C@H](C(=O)N1CCC[C@H]1C(=O)N[C@@H](C)C(=O)N[C@@H](CCCCN)C(=O)O)C(CCN=C(N)N)[N+](=O)[O-]. The molecular weight excluding hydrogens is 636 g/mol. The van der Waals surface area contributed by atoms with Gasteiger partial charge in [-0.1, -0.05) is 13.3 Å². The van der Waals surface area contributed by atoms with Crippen LogP contribution in [0.25, 0.3) is 0 Å². The van der Waals surface area contributed by atoms with Crippen LogP contribution < -0.4 is 38.9 Å². The topological polar surface area (TPSA) is 331 Å². The van der Waals surface area contributed by atoms with E-state index in [1.165, 1.54) is 6.92 Å². The predicted octanol–water partition coefficient (Wildman–Crippen LogP) is -2.97. The fourth-order valence-corrected chi connectivity index (χ4v) is 4.87. The van der Waals surface area contributed by atoms with E-state index in [2.05, 4.69) is 20.9 Å². The molecule has 0 aliphatic carbocycles. The third-order valence-corrected chi connectivity index (χ3v) is 7.57. The van der Waals surface area contributed by atoms with Crippen molar-refractivity contribution in [3.8, 4) is 0 Å². The number of aliphatic imine (C=N–C) groups is 1. The zero-order chi connectivity index (χ0) is 36.4. The number of nitrogens with two attached hydrogens (primary N) is 4. The second kappa shape index (κ2) is 21.3. The molecule has 20 nitrogen and oxygen atoms in total. The Hall–Kier alpha value is -4.59. The summed E-state index contributed by atoms with van der Waals surface area (Å²) in [5, 5.41) is 28.7. The van der Waals surface area contributed by atoms with Crippen LogP contribution in [-0.2, 0) is 33.5 Å². The lowest BCUT2D eigenvalue weighted by Crippen LogP contribution is -2.61. The largest absolute Gasteiger partial charge is 0.480 e. The van der Waals surface area contributed by atoms with E-state index < -0.39 is 89.6 Å². The van der Waals surface area contributed by atoms with E-state index >= 15 is 0 Å². The van der Waals surface area contributed by atoms with Crippen LogP contribution in [-0.4, -0.2) is 119 Å². The minimum atomic E-state index is -1.84. The molecule has 1 aliphatic rings. The van der Waals surface area contributed by atoms with E-state index in [0.29, 0.717) is 32.2 Å². The number of hydrogen-bond acceptors (Lipinski definition) is 12. The lowest BCUT2D eigenvalue weighted by molar-refractivity contribution is -0.525. The first kappa shape index (κ1) is 41.4. The van der Waals surface area contributed by atoms with Crippen molar-refractivity contribution in [2.45, 2.75) is 108 Å². The minimum absolute atomic E-state index is 0.0136. The first-order valence-electron chi connectivity index (χ1n) is 15.9. The molecular formula is C28H50N10O10. The van der Waals surface area contributed by atoms with Gasteiger partial charge in [-0.2, -0.15) is 0 Å². The number of nitro groups is 1. The zero-order valence-electron chi connectivity index (χ0n) is 27.4. The molecule has 0 aromatic carbocycles. The van der Waals surface area contributed by atoms with Crippen molar-refractivity contribution in [3.05, 3.63) is 10.1 Å². The average Bonchev–Trinajstić information content (AvgIpc) is 3.51. The maximum atomic E-state index is 13.9. The van der Waals surface area contributed by atoms with Gasteiger partial charge in [-0.15, -0.1) is 0 Å². The third kappa shape index (κ3) is 14.0. The summed E-state index contributed by atoms with van der Waals surface area (Å²) >= 11 is 0. The Labute approximate surface area is 278 Å². The summed E-state index contributed by atoms with van der Waals surface area (Å²) in [5.74, 6) is -5.95. The molecule has 0 saturated carbocycles. The van der Waals surface area contributed by atoms with Gasteiger partial charge in [0.25, 0.3) is 5.91 Å². The number of amides is 4. The summed E-state index contributed by atoms with van der Waals surface area (Å²) in [6.45, 7) is 3.40. The van der Waals surface area contributed by atoms with Gasteiger partial charge in [-0.25, -0.2) is 4.79 Å². The van der Waals surface area contributed by atoms with Crippen molar-refractivity contribution in [1.29, 1.82) is 0 Å². The maximum Gasteiger partial charge on any atom is 0.326 e. The molecule has 0 radical (unpaired) electrons. The molecule has 1 heterocycles. The Morgan fingerprint density at radius 1 is 1.06 bits per heavy atom. The highest BCUT2D eigenvalue weighted by Gasteiger charge is 2.45. The van der Waals surface area contributed by atoms with Gasteiger partial charge in [-0.05, 0) is 52.0 Å². The van der Waals surface area contributed by atoms with Gasteiger partial charge in [0.15, 0.2) is 12.0 Å². The third-order valence-electron chi connectivity index (χ3n) is 7.57. The number of rotatable bonds is 22. The smallest absolute Gasteiger partial charge is 0.326 e. The second-order valence-corrected chi connectivity index (χ2v) is 11.4. The number of carboxylic acids is 1. The first-order valence-corrected chi connectivity index (χ1v) is 15.9. The summed E-state index contributed by atoms with van der Waals surface area (Å²) in [5.41, 5.74) is 22.0. The van der Waals surface area contributed by atoms with E-state index in [1.54, 1.807) is 0 Å². The number of hydrogen-bond donors (Lipinski definition) is 8. The summed E-state index contributed by atoms with van der Waals surface area (Å²) in [4.78, 5) is 92.7. The standard InChI is InChI=1S/C28H50N10O10/c1-3-4-14-48-21(39)15-17(30)24(41)36-22(19(38(46)47)10-12-33-28(31)32)26(43)37-13-7-9-20(37)25(42)34-16(2)23(40)35-18(27(44)45)8-5-6-11-29/h16-20,22H,3-15,29-30H2,1-2H3,(H,34,42)(H,35,40)(H,36,41)(H,44,45)(H4,31,32,33)/t16-,17-,18-,19?,20-,22-/m0/s1. The van der Waals surface area contributed by atoms with Gasteiger partial charge in [0, 0.05) is 24.4 Å². The fraction of sp³-hybridized carbons (Fsp3) is 0.750. The highest BCUT2D eigenvalue weighted by atomic mass is 16.6. The van der Waals surface area contributed by atoms with E-state index in [1.807, 2.05) is 6.92 Å². The molecule has 1 saturated heterocycles. The van der Waals surface area contributed by atoms with Gasteiger partial charge >= 0.3 is 11.9 Å². The van der Waals surface area contributed by atoms with Gasteiger partial charge in [-0.3, -0.25) is 39.1 Å². The normalized spacial score (nSPS) is 17.2. The number of likely N-dealkylation sites (tertiary alicyclic amines) is 1. The Balaban J connectivity index is 3.16. The molecule has 1 unspecified atom stereocenters. The molecule has 0 bridgehead atoms. The van der Waals surface area contributed by atoms with Crippen LogP contribution in [0, 0.1) is 10.1 Å². The molecule has 1 fully saturated rings. The molecule has 12 N–H and O–H groups in total. The zero-order valence-corrected chi connectivity index (χ0v) is 27.4. The van der Waals surface area contributed by atoms with Crippen LogP contribution in [0.4, 0.5) is 0 Å². The molecule has 48 heavy (non-hydrogen) atoms. The number of unbranched alkanes of at least 4 members (excludes halogenated alkanes) is 2. The van der Waals surface area contributed by atoms with E-state index in [9.17, 15) is 44.0 Å². The lowest BCUT2D eigenvalue weighted by Gasteiger charge is -2.30. The summed E-state index contributed by atoms with van der Waals surface area (Å²) < 4.78 is 5.01. The Morgan fingerprint density at radius 2 is 1.75 bits per heavy atom. The van der Waals surface area contributed by atoms with Crippen molar-refractivity contribution in [2.24, 2.45) is 27.9 Å². The van der Waals surface area contributed by atoms with Crippen molar-refractivity contribution >= 4 is 41.5 Å². The Bertz CT molecular complexity index is 1170. The fourth-order valence-electron chi connectivity index (χ4n) is 4.87. The monoisotopic (exact) mass is 686 g/mol. The molecule has 20 heteroatoms. The molecule has 0 spiro atoms. The van der Waals surface area contributed by atoms with Gasteiger partial charge in [0.2, 0.25) is 23.8 Å². The molecule has 4 amide bonds. The van der Waals surface area contributed by atoms with Crippen molar-refractivity contribution in [3.63, 3.8) is 0 Å². The Kier molecular flexibility index (Phi) is 18.4. The van der Waals surface area contributed by atoms with Crippen LogP contribution in [0.2, 0.25) is 0 Å². The quantitative estimate of drug-likeness (QED) is 0.0141. The van der Waals surface area contributed by atoms with Crippen LogP contribution in [0.15, 0.2) is 4.99 Å². The van der Waals surface area contributed by atoms with Gasteiger partial charge in [0.05, 0.1) is 19.1 Å². The van der Waals surface area contributed by atoms with Crippen molar-refractivity contribution < 1.29 is 43.5 Å². The number of ether oxygens (including phenoxy) is 1. The maximum absolute atomic E-state index is 13.9. The summed E-state index contributed by atoms with van der Waals surface area (Å²) in [6, 6.07) is -8.72. The van der Waals surface area contributed by atoms with Crippen molar-refractivity contribution in [2.75, 3.05) is 26.2 Å². The van der Waals surface area contributed by atoms with Gasteiger partial charge in [0.1, 0.15) is 18.1 Å². The molecule has 1 aliphatic heterocycles. The highest BCUT2D eigenvalue weighted by molar-refractivity contribution is 5.96. The van der Waals surface area contributed by atoms with Crippen LogP contribution in [0.5, 0.6) is 0 Å². The summed E-state index contributed by atoms with van der Waals surface area (Å²) in [6.07, 6.45) is 1.98. The molecule has 272 valence electrons. The van der Waals surface area contributed by atoms with Crippen LogP contribution >= 0.6 is 0 Å². The van der Waals surface area contributed by atoms with E-state index in [-0.39, 0.29) is 38.5 Å². The van der Waals surface area contributed by atoms with Gasteiger partial charge < -0.3 is 53.6 Å². The lowest BCUT2D eigenvalue weighted by atomic mass is 10.0. The number of carbonyl (C=O) groups is 6. The van der Waals surface area contributed by atoms with E-state index in [0.717, 1.165) is 11.3 Å². The van der Waals surface area contributed by atoms with Crippen LogP contribution in [0.1, 0.15) is 71.6 Å². The molecule has 0 aromatic rings.